The Morgan fingerprint density at radius 1 is 0.952 bits per heavy atom. The molecule has 0 bridgehead atoms. The number of hydrogen-bond donors (Lipinski definition) is 0. The minimum Gasteiger partial charge on any atom is -0.493 e. The van der Waals surface area contributed by atoms with Crippen molar-refractivity contribution in [2.75, 3.05) is 7.11 Å². The number of benzene rings is 2. The SMILES string of the molecule is COc1cc(C)ccc1Oc1nnc(Cl)c2ccccc12. The fourth-order valence-electron chi connectivity index (χ4n) is 2.09. The van der Waals surface area contributed by atoms with Gasteiger partial charge >= 0.3 is 0 Å². The van der Waals surface area contributed by atoms with Gasteiger partial charge in [-0.05, 0) is 30.7 Å². The van der Waals surface area contributed by atoms with Crippen LogP contribution in [0.15, 0.2) is 42.5 Å². The van der Waals surface area contributed by atoms with Crippen LogP contribution in [0, 0.1) is 6.92 Å². The summed E-state index contributed by atoms with van der Waals surface area (Å²) < 4.78 is 11.2. The lowest BCUT2D eigenvalue weighted by Gasteiger charge is -2.11. The van der Waals surface area contributed by atoms with E-state index in [4.69, 9.17) is 21.1 Å². The largest absolute Gasteiger partial charge is 0.493 e. The van der Waals surface area contributed by atoms with E-state index in [0.29, 0.717) is 22.5 Å². The summed E-state index contributed by atoms with van der Waals surface area (Å²) in [6.45, 7) is 1.99. The molecule has 1 aromatic heterocycles. The molecule has 0 spiro atoms. The first-order chi connectivity index (χ1) is 10.2. The zero-order valence-corrected chi connectivity index (χ0v) is 12.4. The van der Waals surface area contributed by atoms with E-state index in [1.54, 1.807) is 7.11 Å². The van der Waals surface area contributed by atoms with Gasteiger partial charge < -0.3 is 9.47 Å². The minimum absolute atomic E-state index is 0.355. The molecule has 0 saturated carbocycles. The third kappa shape index (κ3) is 2.62. The summed E-state index contributed by atoms with van der Waals surface area (Å²) in [6.07, 6.45) is 0. The lowest BCUT2D eigenvalue weighted by molar-refractivity contribution is 0.374. The molecule has 4 nitrogen and oxygen atoms in total. The number of hydrogen-bond acceptors (Lipinski definition) is 4. The van der Waals surface area contributed by atoms with Gasteiger partial charge in [0.1, 0.15) is 0 Å². The molecule has 5 heteroatoms. The van der Waals surface area contributed by atoms with Crippen LogP contribution < -0.4 is 9.47 Å². The molecule has 3 rings (SSSR count). The summed E-state index contributed by atoms with van der Waals surface area (Å²) in [6, 6.07) is 13.3. The first-order valence-corrected chi connectivity index (χ1v) is 6.80. The second-order valence-electron chi connectivity index (χ2n) is 4.60. The molecule has 0 unspecified atom stereocenters. The summed E-state index contributed by atoms with van der Waals surface area (Å²) in [5.41, 5.74) is 1.09. The fourth-order valence-corrected chi connectivity index (χ4v) is 2.29. The van der Waals surface area contributed by atoms with E-state index in [-0.39, 0.29) is 0 Å². The average molecular weight is 301 g/mol. The van der Waals surface area contributed by atoms with Crippen LogP contribution in [-0.2, 0) is 0 Å². The molecular formula is C16H13ClN2O2. The molecule has 0 aliphatic heterocycles. The van der Waals surface area contributed by atoms with Gasteiger partial charge in [-0.25, -0.2) is 0 Å². The van der Waals surface area contributed by atoms with Crippen molar-refractivity contribution in [3.63, 3.8) is 0 Å². The van der Waals surface area contributed by atoms with Crippen molar-refractivity contribution >= 4 is 22.4 Å². The molecule has 0 fully saturated rings. The maximum absolute atomic E-state index is 6.06. The van der Waals surface area contributed by atoms with E-state index in [0.717, 1.165) is 16.3 Å². The number of rotatable bonds is 3. The van der Waals surface area contributed by atoms with E-state index in [1.165, 1.54) is 0 Å². The van der Waals surface area contributed by atoms with Gasteiger partial charge in [0.15, 0.2) is 16.7 Å². The number of fused-ring (bicyclic) bond motifs is 1. The number of aromatic nitrogens is 2. The Bertz CT molecular complexity index is 805. The van der Waals surface area contributed by atoms with Crippen LogP contribution in [0.4, 0.5) is 0 Å². The Labute approximate surface area is 127 Å². The fraction of sp³-hybridized carbons (Fsp3) is 0.125. The average Bonchev–Trinajstić information content (AvgIpc) is 2.52. The Hall–Kier alpha value is -2.33. The van der Waals surface area contributed by atoms with Crippen LogP contribution in [0.3, 0.4) is 0 Å². The predicted octanol–water partition coefficient (Wildman–Crippen LogP) is 4.39. The van der Waals surface area contributed by atoms with Gasteiger partial charge in [-0.2, -0.15) is 0 Å². The van der Waals surface area contributed by atoms with Crippen LogP contribution in [0.25, 0.3) is 10.8 Å². The summed E-state index contributed by atoms with van der Waals surface area (Å²) >= 11 is 6.06. The molecule has 3 aromatic rings. The minimum atomic E-state index is 0.355. The summed E-state index contributed by atoms with van der Waals surface area (Å²) in [4.78, 5) is 0. The maximum Gasteiger partial charge on any atom is 0.247 e. The second-order valence-corrected chi connectivity index (χ2v) is 4.96. The molecule has 0 radical (unpaired) electrons. The standard InChI is InChI=1S/C16H13ClN2O2/c1-10-7-8-13(14(9-10)20-2)21-16-12-6-4-3-5-11(12)15(17)18-19-16/h3-9H,1-2H3. The Morgan fingerprint density at radius 3 is 2.48 bits per heavy atom. The van der Waals surface area contributed by atoms with Crippen molar-refractivity contribution in [3.8, 4) is 17.4 Å². The first-order valence-electron chi connectivity index (χ1n) is 6.42. The molecule has 0 aliphatic rings. The summed E-state index contributed by atoms with van der Waals surface area (Å²) in [5, 5.41) is 9.93. The zero-order valence-electron chi connectivity index (χ0n) is 11.6. The molecule has 0 aliphatic carbocycles. The van der Waals surface area contributed by atoms with Gasteiger partial charge in [-0.1, -0.05) is 35.9 Å². The topological polar surface area (TPSA) is 44.2 Å². The highest BCUT2D eigenvalue weighted by molar-refractivity contribution is 6.34. The van der Waals surface area contributed by atoms with Crippen LogP contribution in [0.2, 0.25) is 5.15 Å². The molecule has 0 amide bonds. The van der Waals surface area contributed by atoms with Gasteiger partial charge in [0.05, 0.1) is 7.11 Å². The first kappa shape index (κ1) is 13.6. The van der Waals surface area contributed by atoms with Gasteiger partial charge in [0.2, 0.25) is 5.88 Å². The molecule has 0 N–H and O–H groups in total. The van der Waals surface area contributed by atoms with Crippen LogP contribution in [-0.4, -0.2) is 17.3 Å². The number of methoxy groups -OCH3 is 1. The molecular weight excluding hydrogens is 288 g/mol. The smallest absolute Gasteiger partial charge is 0.247 e. The highest BCUT2D eigenvalue weighted by Gasteiger charge is 2.12. The Kier molecular flexibility index (Phi) is 3.62. The Morgan fingerprint density at radius 2 is 1.71 bits per heavy atom. The van der Waals surface area contributed by atoms with Crippen molar-refractivity contribution in [3.05, 3.63) is 53.2 Å². The van der Waals surface area contributed by atoms with E-state index < -0.39 is 0 Å². The molecule has 106 valence electrons. The molecule has 1 heterocycles. The quantitative estimate of drug-likeness (QED) is 0.719. The number of halogens is 1. The maximum atomic E-state index is 6.06. The van der Waals surface area contributed by atoms with Gasteiger partial charge in [0.25, 0.3) is 0 Å². The summed E-state index contributed by atoms with van der Waals surface area (Å²) in [5.74, 6) is 1.64. The van der Waals surface area contributed by atoms with Gasteiger partial charge in [-0.3, -0.25) is 0 Å². The van der Waals surface area contributed by atoms with Crippen molar-refractivity contribution in [1.29, 1.82) is 0 Å². The van der Waals surface area contributed by atoms with Crippen LogP contribution in [0.1, 0.15) is 5.56 Å². The highest BCUT2D eigenvalue weighted by atomic mass is 35.5. The molecule has 2 aromatic carbocycles. The third-order valence-corrected chi connectivity index (χ3v) is 3.41. The van der Waals surface area contributed by atoms with Crippen molar-refractivity contribution in [2.24, 2.45) is 0 Å². The Balaban J connectivity index is 2.09. The van der Waals surface area contributed by atoms with E-state index in [1.807, 2.05) is 49.4 Å². The lowest BCUT2D eigenvalue weighted by Crippen LogP contribution is -1.95. The monoisotopic (exact) mass is 300 g/mol. The number of ether oxygens (including phenoxy) is 2. The number of nitrogens with zero attached hydrogens (tertiary/aromatic N) is 2. The van der Waals surface area contributed by atoms with Crippen LogP contribution >= 0.6 is 11.6 Å². The molecule has 0 atom stereocenters. The zero-order chi connectivity index (χ0) is 14.8. The normalized spacial score (nSPS) is 10.6. The molecule has 0 saturated heterocycles. The predicted molar refractivity (Wildman–Crippen MR) is 82.4 cm³/mol. The number of aryl methyl sites for hydroxylation is 1. The highest BCUT2D eigenvalue weighted by Crippen LogP contribution is 2.35. The van der Waals surface area contributed by atoms with E-state index in [9.17, 15) is 0 Å². The second kappa shape index (κ2) is 5.58. The van der Waals surface area contributed by atoms with E-state index >= 15 is 0 Å². The van der Waals surface area contributed by atoms with Crippen molar-refractivity contribution < 1.29 is 9.47 Å². The summed E-state index contributed by atoms with van der Waals surface area (Å²) in [7, 11) is 1.60. The lowest BCUT2D eigenvalue weighted by atomic mass is 10.2. The van der Waals surface area contributed by atoms with Crippen molar-refractivity contribution in [2.45, 2.75) is 6.92 Å². The van der Waals surface area contributed by atoms with Crippen molar-refractivity contribution in [1.82, 2.24) is 10.2 Å². The van der Waals surface area contributed by atoms with E-state index in [2.05, 4.69) is 10.2 Å². The molecule has 21 heavy (non-hydrogen) atoms. The van der Waals surface area contributed by atoms with Gasteiger partial charge in [-0.15, -0.1) is 10.2 Å². The van der Waals surface area contributed by atoms with Crippen LogP contribution in [0.5, 0.6) is 17.4 Å². The van der Waals surface area contributed by atoms with Gasteiger partial charge in [0, 0.05) is 10.8 Å². The third-order valence-electron chi connectivity index (χ3n) is 3.13.